The summed E-state index contributed by atoms with van der Waals surface area (Å²) in [5.41, 5.74) is 0.655. The Morgan fingerprint density at radius 2 is 1.87 bits per heavy atom. The van der Waals surface area contributed by atoms with Crippen LogP contribution in [0.15, 0.2) is 22.7 Å². The van der Waals surface area contributed by atoms with E-state index in [1.54, 1.807) is 18.2 Å². The average Bonchev–Trinajstić information content (AvgIpc) is 2.45. The van der Waals surface area contributed by atoms with Gasteiger partial charge in [0.1, 0.15) is 5.75 Å². The van der Waals surface area contributed by atoms with Crippen molar-refractivity contribution in [1.82, 2.24) is 10.2 Å². The van der Waals surface area contributed by atoms with Crippen LogP contribution in [0.1, 0.15) is 18.0 Å². The highest BCUT2D eigenvalue weighted by Crippen LogP contribution is 2.36. The molecule has 0 bridgehead atoms. The first kappa shape index (κ1) is 22.8. The predicted molar refractivity (Wildman–Crippen MR) is 93.0 cm³/mol. The molecule has 0 radical (unpaired) electrons. The van der Waals surface area contributed by atoms with E-state index in [1.807, 2.05) is 4.90 Å². The van der Waals surface area contributed by atoms with E-state index >= 15 is 0 Å². The first-order chi connectivity index (χ1) is 9.90. The Labute approximate surface area is 154 Å². The molecule has 3 nitrogen and oxygen atoms in total. The number of piperazine rings is 1. The molecule has 0 saturated carbocycles. The van der Waals surface area contributed by atoms with Crippen LogP contribution in [0.2, 0.25) is 0 Å². The van der Waals surface area contributed by atoms with E-state index in [0.717, 1.165) is 0 Å². The number of halogens is 6. The zero-order chi connectivity index (χ0) is 15.5. The molecule has 1 aromatic carbocycles. The molecule has 1 aliphatic heterocycles. The summed E-state index contributed by atoms with van der Waals surface area (Å²) in [5, 5.41) is 3.16. The fraction of sp³-hybridized carbons (Fsp3) is 0.571. The van der Waals surface area contributed by atoms with Crippen molar-refractivity contribution in [3.63, 3.8) is 0 Å². The van der Waals surface area contributed by atoms with Gasteiger partial charge >= 0.3 is 6.18 Å². The van der Waals surface area contributed by atoms with Crippen molar-refractivity contribution in [2.24, 2.45) is 0 Å². The smallest absolute Gasteiger partial charge is 0.390 e. The number of rotatable bonds is 4. The van der Waals surface area contributed by atoms with Gasteiger partial charge in [-0.3, -0.25) is 4.90 Å². The first-order valence-electron chi connectivity index (χ1n) is 6.75. The SMILES string of the molecule is COc1ccc([C@H](CC(F)(F)F)N2CCNCC2)cc1Br.Cl.Cl. The maximum atomic E-state index is 12.9. The molecule has 1 fully saturated rings. The van der Waals surface area contributed by atoms with Gasteiger partial charge in [0, 0.05) is 32.2 Å². The van der Waals surface area contributed by atoms with Crippen molar-refractivity contribution in [2.45, 2.75) is 18.6 Å². The molecule has 0 amide bonds. The quantitative estimate of drug-likeness (QED) is 0.760. The summed E-state index contributed by atoms with van der Waals surface area (Å²) in [7, 11) is 1.53. The molecule has 0 unspecified atom stereocenters. The normalized spacial score (nSPS) is 16.9. The third-order valence-electron chi connectivity index (χ3n) is 3.58. The van der Waals surface area contributed by atoms with E-state index in [-0.39, 0.29) is 24.8 Å². The summed E-state index contributed by atoms with van der Waals surface area (Å²) >= 11 is 3.34. The lowest BCUT2D eigenvalue weighted by molar-refractivity contribution is -0.148. The molecule has 134 valence electrons. The van der Waals surface area contributed by atoms with Gasteiger partial charge in [0.15, 0.2) is 0 Å². The van der Waals surface area contributed by atoms with Crippen LogP contribution in [0.25, 0.3) is 0 Å². The van der Waals surface area contributed by atoms with Crippen LogP contribution in [-0.2, 0) is 0 Å². The van der Waals surface area contributed by atoms with E-state index in [0.29, 0.717) is 42.0 Å². The van der Waals surface area contributed by atoms with Gasteiger partial charge in [0.25, 0.3) is 0 Å². The van der Waals surface area contributed by atoms with Gasteiger partial charge in [-0.15, -0.1) is 24.8 Å². The molecule has 9 heteroatoms. The second kappa shape index (κ2) is 9.93. The lowest BCUT2D eigenvalue weighted by Crippen LogP contribution is -2.46. The number of nitrogens with one attached hydrogen (secondary N) is 1. The molecular formula is C14H20BrCl2F3N2O. The zero-order valence-electron chi connectivity index (χ0n) is 12.5. The minimum atomic E-state index is -4.19. The van der Waals surface area contributed by atoms with E-state index in [9.17, 15) is 13.2 Å². The molecule has 1 aliphatic rings. The van der Waals surface area contributed by atoms with Crippen LogP contribution in [0.4, 0.5) is 13.2 Å². The Hall–Kier alpha value is -0.210. The molecule has 0 spiro atoms. The van der Waals surface area contributed by atoms with Crippen molar-refractivity contribution >= 4 is 40.7 Å². The molecular weight excluding hydrogens is 420 g/mol. The van der Waals surface area contributed by atoms with Crippen molar-refractivity contribution in [3.8, 4) is 5.75 Å². The van der Waals surface area contributed by atoms with Crippen LogP contribution in [-0.4, -0.2) is 44.4 Å². The first-order valence-corrected chi connectivity index (χ1v) is 7.55. The van der Waals surface area contributed by atoms with Crippen LogP contribution in [0, 0.1) is 0 Å². The molecule has 1 N–H and O–H groups in total. The lowest BCUT2D eigenvalue weighted by atomic mass is 10.0. The van der Waals surface area contributed by atoms with Crippen LogP contribution >= 0.6 is 40.7 Å². The van der Waals surface area contributed by atoms with Gasteiger partial charge in [-0.2, -0.15) is 13.2 Å². The molecule has 2 rings (SSSR count). The number of nitrogens with zero attached hydrogens (tertiary/aromatic N) is 1. The third kappa shape index (κ3) is 6.66. The zero-order valence-corrected chi connectivity index (χ0v) is 15.7. The summed E-state index contributed by atoms with van der Waals surface area (Å²) in [5.74, 6) is 0.616. The molecule has 0 aliphatic carbocycles. The molecule has 23 heavy (non-hydrogen) atoms. The molecule has 1 atom stereocenters. The number of hydrogen-bond acceptors (Lipinski definition) is 3. The number of ether oxygens (including phenoxy) is 1. The average molecular weight is 440 g/mol. The summed E-state index contributed by atoms with van der Waals surface area (Å²) < 4.78 is 44.5. The molecule has 1 aromatic rings. The molecule has 0 aromatic heterocycles. The van der Waals surface area contributed by atoms with Gasteiger partial charge in [0.2, 0.25) is 0 Å². The summed E-state index contributed by atoms with van der Waals surface area (Å²) in [4.78, 5) is 1.89. The molecule has 1 heterocycles. The summed E-state index contributed by atoms with van der Waals surface area (Å²) in [6, 6.07) is 4.47. The van der Waals surface area contributed by atoms with E-state index in [2.05, 4.69) is 21.2 Å². The number of alkyl halides is 3. The van der Waals surface area contributed by atoms with Crippen molar-refractivity contribution in [2.75, 3.05) is 33.3 Å². The number of methoxy groups -OCH3 is 1. The maximum Gasteiger partial charge on any atom is 0.390 e. The van der Waals surface area contributed by atoms with Crippen molar-refractivity contribution in [1.29, 1.82) is 0 Å². The van der Waals surface area contributed by atoms with E-state index in [4.69, 9.17) is 4.74 Å². The summed E-state index contributed by atoms with van der Waals surface area (Å²) in [6.45, 7) is 2.66. The van der Waals surface area contributed by atoms with E-state index < -0.39 is 18.6 Å². The highest BCUT2D eigenvalue weighted by atomic mass is 79.9. The van der Waals surface area contributed by atoms with Crippen molar-refractivity contribution < 1.29 is 17.9 Å². The molecule has 1 saturated heterocycles. The lowest BCUT2D eigenvalue weighted by Gasteiger charge is -2.35. The van der Waals surface area contributed by atoms with Crippen molar-refractivity contribution in [3.05, 3.63) is 28.2 Å². The van der Waals surface area contributed by atoms with Crippen LogP contribution in [0.5, 0.6) is 5.75 Å². The third-order valence-corrected chi connectivity index (χ3v) is 4.20. The number of benzene rings is 1. The Morgan fingerprint density at radius 3 is 2.35 bits per heavy atom. The van der Waals surface area contributed by atoms with Gasteiger partial charge in [-0.05, 0) is 33.6 Å². The Balaban J connectivity index is 0.00000242. The fourth-order valence-corrected chi connectivity index (χ4v) is 3.12. The van der Waals surface area contributed by atoms with Gasteiger partial charge < -0.3 is 10.1 Å². The monoisotopic (exact) mass is 438 g/mol. The minimum Gasteiger partial charge on any atom is -0.496 e. The Bertz CT molecular complexity index is 486. The van der Waals surface area contributed by atoms with Crippen LogP contribution in [0.3, 0.4) is 0 Å². The second-order valence-electron chi connectivity index (χ2n) is 5.02. The van der Waals surface area contributed by atoms with Gasteiger partial charge in [-0.1, -0.05) is 6.07 Å². The predicted octanol–water partition coefficient (Wildman–Crippen LogP) is 4.20. The second-order valence-corrected chi connectivity index (χ2v) is 5.87. The van der Waals surface area contributed by atoms with Gasteiger partial charge in [-0.25, -0.2) is 0 Å². The highest BCUT2D eigenvalue weighted by molar-refractivity contribution is 9.10. The van der Waals surface area contributed by atoms with Crippen LogP contribution < -0.4 is 10.1 Å². The Kier molecular flexibility index (Phi) is 9.84. The van der Waals surface area contributed by atoms with E-state index in [1.165, 1.54) is 7.11 Å². The minimum absolute atomic E-state index is 0. The standard InChI is InChI=1S/C14H18BrF3N2O.2ClH/c1-21-13-3-2-10(8-11(13)15)12(9-14(16,17)18)20-6-4-19-5-7-20;;/h2-3,8,12,19H,4-7,9H2,1H3;2*1H/t12-;;/m0../s1. The maximum absolute atomic E-state index is 12.9. The topological polar surface area (TPSA) is 24.5 Å². The Morgan fingerprint density at radius 1 is 1.26 bits per heavy atom. The fourth-order valence-electron chi connectivity index (χ4n) is 2.56. The largest absolute Gasteiger partial charge is 0.496 e. The number of hydrogen-bond donors (Lipinski definition) is 1. The summed E-state index contributed by atoms with van der Waals surface area (Å²) in [6.07, 6.45) is -5.03. The highest BCUT2D eigenvalue weighted by Gasteiger charge is 2.36. The van der Waals surface area contributed by atoms with Gasteiger partial charge in [0.05, 0.1) is 18.0 Å².